The minimum atomic E-state index is -0.348. The van der Waals surface area contributed by atoms with Crippen LogP contribution in [-0.2, 0) is 16.1 Å². The summed E-state index contributed by atoms with van der Waals surface area (Å²) in [6, 6.07) is 4.29. The number of rotatable bonds is 7. The average Bonchev–Trinajstić information content (AvgIpc) is 2.35. The van der Waals surface area contributed by atoms with E-state index < -0.39 is 0 Å². The molecule has 0 aliphatic heterocycles. The molecule has 0 saturated heterocycles. The fraction of sp³-hybridized carbons (Fsp3) is 0.462. The van der Waals surface area contributed by atoms with E-state index in [2.05, 4.69) is 26.6 Å². The largest absolute Gasteiger partial charge is 0.383 e. The van der Waals surface area contributed by atoms with Gasteiger partial charge in [-0.05, 0) is 30.7 Å². The van der Waals surface area contributed by atoms with Gasteiger partial charge in [-0.1, -0.05) is 15.9 Å². The summed E-state index contributed by atoms with van der Waals surface area (Å²) in [5, 5.41) is 5.77. The lowest BCUT2D eigenvalue weighted by atomic mass is 10.2. The molecule has 6 heteroatoms. The van der Waals surface area contributed by atoms with Gasteiger partial charge in [0.2, 0.25) is 5.91 Å². The molecular formula is C13H18BrFN2O2. The molecule has 0 spiro atoms. The van der Waals surface area contributed by atoms with Crippen LogP contribution in [0.1, 0.15) is 12.5 Å². The fourth-order valence-corrected chi connectivity index (χ4v) is 2.02. The van der Waals surface area contributed by atoms with Gasteiger partial charge in [-0.2, -0.15) is 0 Å². The molecule has 106 valence electrons. The van der Waals surface area contributed by atoms with Crippen molar-refractivity contribution >= 4 is 21.8 Å². The van der Waals surface area contributed by atoms with Gasteiger partial charge in [0, 0.05) is 24.7 Å². The Labute approximate surface area is 120 Å². The van der Waals surface area contributed by atoms with Crippen LogP contribution in [-0.4, -0.2) is 32.2 Å². The standard InChI is InChI=1S/C13H18BrFN2O2/c1-9(13(18)16-3-4-19-2)17-8-10-5-11(14)7-12(15)6-10/h5-7,9,17H,3-4,8H2,1-2H3,(H,16,18). The van der Waals surface area contributed by atoms with E-state index in [1.54, 1.807) is 14.0 Å². The normalized spacial score (nSPS) is 12.2. The number of nitrogens with one attached hydrogen (secondary N) is 2. The van der Waals surface area contributed by atoms with Gasteiger partial charge in [0.25, 0.3) is 0 Å². The molecule has 0 fully saturated rings. The van der Waals surface area contributed by atoms with Crippen LogP contribution in [0.4, 0.5) is 4.39 Å². The summed E-state index contributed by atoms with van der Waals surface area (Å²) < 4.78 is 18.7. The molecule has 1 atom stereocenters. The van der Waals surface area contributed by atoms with Crippen molar-refractivity contribution in [1.29, 1.82) is 0 Å². The van der Waals surface area contributed by atoms with Crippen molar-refractivity contribution in [3.63, 3.8) is 0 Å². The molecule has 0 bridgehead atoms. The molecule has 1 aromatic rings. The Kier molecular flexibility index (Phi) is 6.97. The van der Waals surface area contributed by atoms with E-state index in [-0.39, 0.29) is 17.8 Å². The number of halogens is 2. The highest BCUT2D eigenvalue weighted by Crippen LogP contribution is 2.14. The lowest BCUT2D eigenvalue weighted by molar-refractivity contribution is -0.122. The van der Waals surface area contributed by atoms with Crippen LogP contribution in [0.15, 0.2) is 22.7 Å². The third-order valence-corrected chi connectivity index (χ3v) is 2.99. The zero-order valence-corrected chi connectivity index (χ0v) is 12.6. The maximum atomic E-state index is 13.2. The van der Waals surface area contributed by atoms with E-state index >= 15 is 0 Å². The summed E-state index contributed by atoms with van der Waals surface area (Å²) in [5.74, 6) is -0.407. The molecule has 0 aliphatic rings. The molecule has 0 aliphatic carbocycles. The van der Waals surface area contributed by atoms with E-state index in [1.807, 2.05) is 6.07 Å². The zero-order valence-electron chi connectivity index (χ0n) is 11.0. The summed E-state index contributed by atoms with van der Waals surface area (Å²) in [6.07, 6.45) is 0. The topological polar surface area (TPSA) is 50.4 Å². The molecule has 2 N–H and O–H groups in total. The number of carbonyl (C=O) groups excluding carboxylic acids is 1. The van der Waals surface area contributed by atoms with E-state index in [0.29, 0.717) is 24.2 Å². The second kappa shape index (κ2) is 8.24. The van der Waals surface area contributed by atoms with Crippen molar-refractivity contribution in [2.45, 2.75) is 19.5 Å². The third-order valence-electron chi connectivity index (χ3n) is 2.53. The van der Waals surface area contributed by atoms with Crippen molar-refractivity contribution in [2.75, 3.05) is 20.3 Å². The molecule has 19 heavy (non-hydrogen) atoms. The first-order chi connectivity index (χ1) is 9.02. The van der Waals surface area contributed by atoms with E-state index in [0.717, 1.165) is 5.56 Å². The lowest BCUT2D eigenvalue weighted by Gasteiger charge is -2.14. The number of ether oxygens (including phenoxy) is 1. The van der Waals surface area contributed by atoms with Crippen LogP contribution in [0.5, 0.6) is 0 Å². The average molecular weight is 333 g/mol. The van der Waals surface area contributed by atoms with Gasteiger partial charge < -0.3 is 15.4 Å². The van der Waals surface area contributed by atoms with Gasteiger partial charge in [0.05, 0.1) is 12.6 Å². The number of benzene rings is 1. The Balaban J connectivity index is 2.40. The van der Waals surface area contributed by atoms with Crippen LogP contribution in [0, 0.1) is 5.82 Å². The smallest absolute Gasteiger partial charge is 0.236 e. The summed E-state index contributed by atoms with van der Waals surface area (Å²) in [5.41, 5.74) is 0.781. The highest BCUT2D eigenvalue weighted by atomic mass is 79.9. The number of hydrogen-bond donors (Lipinski definition) is 2. The maximum Gasteiger partial charge on any atom is 0.236 e. The first-order valence-corrected chi connectivity index (χ1v) is 6.77. The second-order valence-electron chi connectivity index (χ2n) is 4.16. The zero-order chi connectivity index (χ0) is 14.3. The van der Waals surface area contributed by atoms with Crippen molar-refractivity contribution < 1.29 is 13.9 Å². The lowest BCUT2D eigenvalue weighted by Crippen LogP contribution is -2.42. The van der Waals surface area contributed by atoms with Gasteiger partial charge in [-0.15, -0.1) is 0 Å². The number of amides is 1. The summed E-state index contributed by atoms with van der Waals surface area (Å²) in [6.45, 7) is 3.15. The van der Waals surface area contributed by atoms with Gasteiger partial charge in [0.15, 0.2) is 0 Å². The quantitative estimate of drug-likeness (QED) is 0.749. The van der Waals surface area contributed by atoms with Crippen LogP contribution in [0.25, 0.3) is 0 Å². The molecular weight excluding hydrogens is 315 g/mol. The Bertz CT molecular complexity index is 409. The van der Waals surface area contributed by atoms with Crippen molar-refractivity contribution in [1.82, 2.24) is 10.6 Å². The second-order valence-corrected chi connectivity index (χ2v) is 5.08. The predicted octanol–water partition coefficient (Wildman–Crippen LogP) is 1.83. The third kappa shape index (κ3) is 6.13. The minimum Gasteiger partial charge on any atom is -0.383 e. The van der Waals surface area contributed by atoms with Gasteiger partial charge in [-0.25, -0.2) is 4.39 Å². The fourth-order valence-electron chi connectivity index (χ4n) is 1.51. The highest BCUT2D eigenvalue weighted by molar-refractivity contribution is 9.10. The van der Waals surface area contributed by atoms with Gasteiger partial charge in [-0.3, -0.25) is 4.79 Å². The van der Waals surface area contributed by atoms with Crippen LogP contribution >= 0.6 is 15.9 Å². The Hall–Kier alpha value is -0.980. The van der Waals surface area contributed by atoms with Gasteiger partial charge >= 0.3 is 0 Å². The summed E-state index contributed by atoms with van der Waals surface area (Å²) in [7, 11) is 1.58. The van der Waals surface area contributed by atoms with Crippen LogP contribution in [0.2, 0.25) is 0 Å². The van der Waals surface area contributed by atoms with Crippen LogP contribution < -0.4 is 10.6 Å². The number of hydrogen-bond acceptors (Lipinski definition) is 3. The molecule has 1 aromatic carbocycles. The molecule has 0 saturated carbocycles. The first kappa shape index (κ1) is 16.1. The molecule has 0 aromatic heterocycles. The monoisotopic (exact) mass is 332 g/mol. The maximum absolute atomic E-state index is 13.2. The van der Waals surface area contributed by atoms with Crippen molar-refractivity contribution in [3.05, 3.63) is 34.1 Å². The molecule has 1 unspecified atom stereocenters. The van der Waals surface area contributed by atoms with Crippen molar-refractivity contribution in [3.8, 4) is 0 Å². The van der Waals surface area contributed by atoms with Gasteiger partial charge in [0.1, 0.15) is 5.82 Å². The highest BCUT2D eigenvalue weighted by Gasteiger charge is 2.11. The molecule has 4 nitrogen and oxygen atoms in total. The van der Waals surface area contributed by atoms with Crippen LogP contribution in [0.3, 0.4) is 0 Å². The SMILES string of the molecule is COCCNC(=O)C(C)NCc1cc(F)cc(Br)c1. The van der Waals surface area contributed by atoms with E-state index in [1.165, 1.54) is 12.1 Å². The summed E-state index contributed by atoms with van der Waals surface area (Å²) in [4.78, 5) is 11.7. The van der Waals surface area contributed by atoms with E-state index in [4.69, 9.17) is 4.74 Å². The number of carbonyl (C=O) groups is 1. The van der Waals surface area contributed by atoms with Crippen molar-refractivity contribution in [2.24, 2.45) is 0 Å². The molecule has 1 rings (SSSR count). The Morgan fingerprint density at radius 2 is 2.21 bits per heavy atom. The predicted molar refractivity (Wildman–Crippen MR) is 75.3 cm³/mol. The summed E-state index contributed by atoms with van der Waals surface area (Å²) >= 11 is 3.23. The Morgan fingerprint density at radius 3 is 2.84 bits per heavy atom. The minimum absolute atomic E-state index is 0.104. The Morgan fingerprint density at radius 1 is 1.47 bits per heavy atom. The molecule has 0 radical (unpaired) electrons. The molecule has 0 heterocycles. The van der Waals surface area contributed by atoms with E-state index in [9.17, 15) is 9.18 Å². The molecule has 1 amide bonds. The number of methoxy groups -OCH3 is 1. The first-order valence-electron chi connectivity index (χ1n) is 5.98.